The Morgan fingerprint density at radius 3 is 2.90 bits per heavy atom. The predicted octanol–water partition coefficient (Wildman–Crippen LogP) is 5.52. The number of unbranched alkanes of at least 4 members (excludes halogenated alkanes) is 1. The Morgan fingerprint density at radius 2 is 2.14 bits per heavy atom. The number of pyridine rings is 1. The summed E-state index contributed by atoms with van der Waals surface area (Å²) in [5.41, 5.74) is 3.06. The van der Waals surface area contributed by atoms with Crippen LogP contribution in [-0.4, -0.2) is 32.3 Å². The number of carbonyl (C=O) groups excluding carboxylic acids is 1. The Morgan fingerprint density at radius 1 is 1.31 bits per heavy atom. The van der Waals surface area contributed by atoms with Gasteiger partial charge in [-0.3, -0.25) is 4.68 Å². The lowest BCUT2D eigenvalue weighted by molar-refractivity contribution is 0.0500. The number of esters is 1. The maximum absolute atomic E-state index is 12.8. The molecule has 1 N–H and O–H groups in total. The Labute approximate surface area is 171 Å². The van der Waals surface area contributed by atoms with Gasteiger partial charge in [0.15, 0.2) is 0 Å². The van der Waals surface area contributed by atoms with Gasteiger partial charge in [0.05, 0.1) is 24.4 Å². The summed E-state index contributed by atoms with van der Waals surface area (Å²) in [5.74, 6) is 0.371. The lowest BCUT2D eigenvalue weighted by Gasteiger charge is -2.22. The molecular weight excluding hydrogens is 364 g/mol. The minimum atomic E-state index is -0.320. The third-order valence-electron chi connectivity index (χ3n) is 6.13. The molecule has 0 saturated heterocycles. The van der Waals surface area contributed by atoms with Crippen molar-refractivity contribution in [3.05, 3.63) is 36.4 Å². The molecule has 1 saturated carbocycles. The van der Waals surface area contributed by atoms with Crippen LogP contribution in [0.4, 0.5) is 0 Å². The second-order valence-corrected chi connectivity index (χ2v) is 8.01. The third-order valence-corrected chi connectivity index (χ3v) is 6.13. The largest absolute Gasteiger partial charge is 0.462 e. The van der Waals surface area contributed by atoms with Crippen molar-refractivity contribution < 1.29 is 9.53 Å². The summed E-state index contributed by atoms with van der Waals surface area (Å²) in [4.78, 5) is 20.3. The lowest BCUT2D eigenvalue weighted by atomic mass is 9.96. The molecule has 4 rings (SSSR count). The van der Waals surface area contributed by atoms with Crippen molar-refractivity contribution in [2.75, 3.05) is 6.61 Å². The number of aromatic nitrogens is 4. The van der Waals surface area contributed by atoms with Gasteiger partial charge >= 0.3 is 5.97 Å². The fourth-order valence-corrected chi connectivity index (χ4v) is 4.59. The van der Waals surface area contributed by atoms with Crippen molar-refractivity contribution in [1.82, 2.24) is 19.7 Å². The molecule has 1 aliphatic carbocycles. The first-order valence-electron chi connectivity index (χ1n) is 10.9. The van der Waals surface area contributed by atoms with Crippen molar-refractivity contribution >= 4 is 17.0 Å². The molecule has 1 atom stereocenters. The highest BCUT2D eigenvalue weighted by atomic mass is 16.5. The molecule has 3 aromatic heterocycles. The van der Waals surface area contributed by atoms with Gasteiger partial charge in [-0.05, 0) is 37.7 Å². The van der Waals surface area contributed by atoms with Crippen LogP contribution in [0.2, 0.25) is 0 Å². The first-order valence-corrected chi connectivity index (χ1v) is 10.9. The number of hydrogen-bond acceptors (Lipinski definition) is 4. The first kappa shape index (κ1) is 19.7. The van der Waals surface area contributed by atoms with E-state index in [0.717, 1.165) is 41.4 Å². The molecule has 1 aliphatic rings. The molecular formula is C23H30N4O2. The van der Waals surface area contributed by atoms with Gasteiger partial charge in [-0.15, -0.1) is 0 Å². The average molecular weight is 395 g/mol. The van der Waals surface area contributed by atoms with E-state index >= 15 is 0 Å². The third kappa shape index (κ3) is 3.93. The van der Waals surface area contributed by atoms with Gasteiger partial charge < -0.3 is 9.72 Å². The molecule has 0 aliphatic heterocycles. The fraction of sp³-hybridized carbons (Fsp3) is 0.522. The molecule has 29 heavy (non-hydrogen) atoms. The molecule has 1 unspecified atom stereocenters. The van der Waals surface area contributed by atoms with E-state index in [9.17, 15) is 4.79 Å². The fourth-order valence-electron chi connectivity index (χ4n) is 4.59. The van der Waals surface area contributed by atoms with E-state index in [1.807, 2.05) is 18.5 Å². The molecule has 154 valence electrons. The maximum Gasteiger partial charge on any atom is 0.340 e. The number of aromatic amines is 1. The number of rotatable bonds is 8. The Hall–Kier alpha value is -2.63. The predicted molar refractivity (Wildman–Crippen MR) is 114 cm³/mol. The summed E-state index contributed by atoms with van der Waals surface area (Å²) in [6.45, 7) is 4.74. The second-order valence-electron chi connectivity index (χ2n) is 8.01. The van der Waals surface area contributed by atoms with Crippen LogP contribution in [0, 0.1) is 5.92 Å². The number of hydrogen-bond donors (Lipinski definition) is 1. The van der Waals surface area contributed by atoms with Crippen LogP contribution in [-0.2, 0) is 4.74 Å². The summed E-state index contributed by atoms with van der Waals surface area (Å²) in [7, 11) is 0. The molecule has 0 aromatic carbocycles. The number of ether oxygens (including phenoxy) is 1. The quantitative estimate of drug-likeness (QED) is 0.403. The first-order chi connectivity index (χ1) is 14.2. The number of nitrogens with one attached hydrogen (secondary N) is 1. The smallest absolute Gasteiger partial charge is 0.340 e. The molecule has 3 heterocycles. The summed E-state index contributed by atoms with van der Waals surface area (Å²) < 4.78 is 7.60. The van der Waals surface area contributed by atoms with Gasteiger partial charge in [0.2, 0.25) is 0 Å². The zero-order valence-corrected chi connectivity index (χ0v) is 17.4. The van der Waals surface area contributed by atoms with E-state index in [1.165, 1.54) is 25.7 Å². The number of fused-ring (bicyclic) bond motifs is 1. The van der Waals surface area contributed by atoms with E-state index in [2.05, 4.69) is 34.7 Å². The Bertz CT molecular complexity index is 968. The van der Waals surface area contributed by atoms with Gasteiger partial charge in [-0.2, -0.15) is 5.10 Å². The van der Waals surface area contributed by atoms with E-state index in [4.69, 9.17) is 9.84 Å². The van der Waals surface area contributed by atoms with Crippen LogP contribution >= 0.6 is 0 Å². The van der Waals surface area contributed by atoms with Crippen LogP contribution in [0.1, 0.15) is 75.2 Å². The van der Waals surface area contributed by atoms with Crippen molar-refractivity contribution in [3.8, 4) is 11.1 Å². The van der Waals surface area contributed by atoms with Crippen LogP contribution in [0.5, 0.6) is 0 Å². The summed E-state index contributed by atoms with van der Waals surface area (Å²) in [6, 6.07) is 2.38. The summed E-state index contributed by atoms with van der Waals surface area (Å²) >= 11 is 0. The molecule has 6 nitrogen and oxygen atoms in total. The van der Waals surface area contributed by atoms with Crippen molar-refractivity contribution in [1.29, 1.82) is 0 Å². The van der Waals surface area contributed by atoms with E-state index < -0.39 is 0 Å². The average Bonchev–Trinajstić information content (AvgIpc) is 3.49. The van der Waals surface area contributed by atoms with Crippen LogP contribution in [0.25, 0.3) is 22.2 Å². The minimum Gasteiger partial charge on any atom is -0.462 e. The van der Waals surface area contributed by atoms with E-state index in [1.54, 1.807) is 6.20 Å². The van der Waals surface area contributed by atoms with E-state index in [0.29, 0.717) is 24.1 Å². The SMILES string of the molecule is CCCCOC(=O)c1cnc2[nH]ccc2c1-c1cnn(C(CC)C2CCCC2)c1. The molecule has 1 fully saturated rings. The van der Waals surface area contributed by atoms with Gasteiger partial charge in [-0.1, -0.05) is 33.1 Å². The van der Waals surface area contributed by atoms with Gasteiger partial charge in [0, 0.05) is 35.1 Å². The number of carbonyl (C=O) groups is 1. The highest BCUT2D eigenvalue weighted by Gasteiger charge is 2.27. The van der Waals surface area contributed by atoms with E-state index in [-0.39, 0.29) is 5.97 Å². The van der Waals surface area contributed by atoms with Gasteiger partial charge in [0.1, 0.15) is 5.65 Å². The molecule has 0 bridgehead atoms. The van der Waals surface area contributed by atoms with Crippen LogP contribution in [0.15, 0.2) is 30.9 Å². The van der Waals surface area contributed by atoms with Gasteiger partial charge in [-0.25, -0.2) is 9.78 Å². The van der Waals surface area contributed by atoms with Crippen molar-refractivity contribution in [2.24, 2.45) is 5.92 Å². The topological polar surface area (TPSA) is 72.8 Å². The van der Waals surface area contributed by atoms with Gasteiger partial charge in [0.25, 0.3) is 0 Å². The summed E-state index contributed by atoms with van der Waals surface area (Å²) in [5, 5.41) is 5.63. The zero-order chi connectivity index (χ0) is 20.2. The monoisotopic (exact) mass is 394 g/mol. The maximum atomic E-state index is 12.8. The highest BCUT2D eigenvalue weighted by molar-refractivity contribution is 6.06. The normalized spacial score (nSPS) is 15.8. The molecule has 6 heteroatoms. The number of H-pyrrole nitrogens is 1. The van der Waals surface area contributed by atoms with Crippen molar-refractivity contribution in [2.45, 2.75) is 64.8 Å². The number of nitrogens with zero attached hydrogens (tertiary/aromatic N) is 3. The van der Waals surface area contributed by atoms with Crippen molar-refractivity contribution in [3.63, 3.8) is 0 Å². The highest BCUT2D eigenvalue weighted by Crippen LogP contribution is 2.37. The molecule has 0 spiro atoms. The summed E-state index contributed by atoms with van der Waals surface area (Å²) in [6.07, 6.45) is 15.5. The lowest BCUT2D eigenvalue weighted by Crippen LogP contribution is -2.17. The molecule has 0 radical (unpaired) electrons. The standard InChI is InChI=1S/C23H30N4O2/c1-3-5-12-29-23(28)19-14-25-22-18(10-11-24-22)21(19)17-13-26-27(15-17)20(4-2)16-8-6-7-9-16/h10-11,13-16,20H,3-9,12H2,1-2H3,(H,24,25). The van der Waals surface area contributed by atoms with Crippen LogP contribution in [0.3, 0.4) is 0 Å². The molecule has 0 amide bonds. The molecule has 3 aromatic rings. The minimum absolute atomic E-state index is 0.320. The second kappa shape index (κ2) is 8.80. The Balaban J connectivity index is 1.71. The van der Waals surface area contributed by atoms with Crippen LogP contribution < -0.4 is 0 Å². The zero-order valence-electron chi connectivity index (χ0n) is 17.4. The Kier molecular flexibility index (Phi) is 5.97.